The first-order valence-electron chi connectivity index (χ1n) is 5.29. The Morgan fingerprint density at radius 1 is 1.25 bits per heavy atom. The van der Waals surface area contributed by atoms with E-state index in [4.69, 9.17) is 15.2 Å². The molecular formula is C11H9BrN4O4. The molecule has 104 valence electrons. The van der Waals surface area contributed by atoms with E-state index >= 15 is 0 Å². The summed E-state index contributed by atoms with van der Waals surface area (Å²) in [5.41, 5.74) is 5.39. The molecule has 0 radical (unpaired) electrons. The Kier molecular flexibility index (Phi) is 3.99. The fourth-order valence-electron chi connectivity index (χ4n) is 1.41. The van der Waals surface area contributed by atoms with Crippen LogP contribution in [0.4, 0.5) is 11.6 Å². The molecule has 0 saturated heterocycles. The highest BCUT2D eigenvalue weighted by atomic mass is 79.9. The largest absolute Gasteiger partial charge is 0.481 e. The van der Waals surface area contributed by atoms with Crippen LogP contribution in [0.15, 0.2) is 28.7 Å². The van der Waals surface area contributed by atoms with Crippen molar-refractivity contribution in [3.63, 3.8) is 0 Å². The van der Waals surface area contributed by atoms with Crippen LogP contribution in [-0.2, 0) is 0 Å². The molecule has 0 saturated carbocycles. The summed E-state index contributed by atoms with van der Waals surface area (Å²) in [7, 11) is 1.43. The highest BCUT2D eigenvalue weighted by Gasteiger charge is 2.11. The fourth-order valence-corrected chi connectivity index (χ4v) is 1.87. The molecule has 0 aliphatic rings. The summed E-state index contributed by atoms with van der Waals surface area (Å²) in [4.78, 5) is 17.9. The van der Waals surface area contributed by atoms with Crippen LogP contribution in [0.3, 0.4) is 0 Å². The second kappa shape index (κ2) is 5.70. The molecule has 1 heterocycles. The molecule has 0 aliphatic heterocycles. The van der Waals surface area contributed by atoms with Gasteiger partial charge in [-0.25, -0.2) is 0 Å². The third kappa shape index (κ3) is 3.32. The zero-order chi connectivity index (χ0) is 14.7. The van der Waals surface area contributed by atoms with Crippen LogP contribution in [-0.4, -0.2) is 22.0 Å². The molecule has 0 aliphatic carbocycles. The van der Waals surface area contributed by atoms with E-state index in [0.29, 0.717) is 4.47 Å². The van der Waals surface area contributed by atoms with Gasteiger partial charge in [0.05, 0.1) is 24.2 Å². The molecule has 0 unspecified atom stereocenters. The van der Waals surface area contributed by atoms with Crippen molar-refractivity contribution in [3.8, 4) is 17.5 Å². The average Bonchev–Trinajstić information content (AvgIpc) is 2.37. The Labute approximate surface area is 121 Å². The van der Waals surface area contributed by atoms with Gasteiger partial charge in [0, 0.05) is 10.5 Å². The van der Waals surface area contributed by atoms with Gasteiger partial charge < -0.3 is 15.2 Å². The van der Waals surface area contributed by atoms with Crippen LogP contribution in [0.1, 0.15) is 0 Å². The molecule has 0 atom stereocenters. The van der Waals surface area contributed by atoms with E-state index < -0.39 is 4.92 Å². The molecule has 20 heavy (non-hydrogen) atoms. The predicted octanol–water partition coefficient (Wildman–Crippen LogP) is 2.53. The van der Waals surface area contributed by atoms with Crippen LogP contribution >= 0.6 is 15.9 Å². The number of ether oxygens (including phenoxy) is 2. The number of hydrogen-bond acceptors (Lipinski definition) is 7. The van der Waals surface area contributed by atoms with Crippen molar-refractivity contribution in [1.82, 2.24) is 9.97 Å². The number of aromatic nitrogens is 2. The van der Waals surface area contributed by atoms with Crippen LogP contribution in [0.25, 0.3) is 0 Å². The molecule has 0 amide bonds. The highest BCUT2D eigenvalue weighted by Crippen LogP contribution is 2.30. The van der Waals surface area contributed by atoms with E-state index in [1.807, 2.05) is 0 Å². The van der Waals surface area contributed by atoms with Gasteiger partial charge in [0.25, 0.3) is 5.69 Å². The lowest BCUT2D eigenvalue weighted by molar-refractivity contribution is -0.385. The van der Waals surface area contributed by atoms with E-state index in [9.17, 15) is 10.1 Å². The van der Waals surface area contributed by atoms with Crippen LogP contribution in [0, 0.1) is 10.1 Å². The lowest BCUT2D eigenvalue weighted by Gasteiger charge is -2.07. The molecule has 2 aromatic rings. The van der Waals surface area contributed by atoms with Gasteiger partial charge in [-0.1, -0.05) is 15.9 Å². The number of rotatable bonds is 4. The molecule has 8 nitrogen and oxygen atoms in total. The summed E-state index contributed by atoms with van der Waals surface area (Å²) in [5.74, 6) is 0.578. The minimum atomic E-state index is -0.521. The Morgan fingerprint density at radius 3 is 2.60 bits per heavy atom. The van der Waals surface area contributed by atoms with Gasteiger partial charge in [-0.2, -0.15) is 9.97 Å². The number of nitrogens with two attached hydrogens (primary N) is 1. The molecule has 2 N–H and O–H groups in total. The maximum atomic E-state index is 10.8. The number of nitro groups is 1. The summed E-state index contributed by atoms with van der Waals surface area (Å²) in [5, 5.41) is 10.8. The zero-order valence-corrected chi connectivity index (χ0v) is 11.8. The van der Waals surface area contributed by atoms with Gasteiger partial charge in [0.2, 0.25) is 17.7 Å². The lowest BCUT2D eigenvalue weighted by Crippen LogP contribution is -1.99. The molecule has 1 aromatic carbocycles. The number of hydrogen-bond donors (Lipinski definition) is 1. The van der Waals surface area contributed by atoms with Crippen molar-refractivity contribution in [2.45, 2.75) is 0 Å². The second-order valence-corrected chi connectivity index (χ2v) is 4.53. The topological polar surface area (TPSA) is 113 Å². The normalized spacial score (nSPS) is 10.1. The first kappa shape index (κ1) is 14.0. The summed E-state index contributed by atoms with van der Waals surface area (Å²) in [6, 6.07) is 5.62. The standard InChI is InChI=1S/C11H9BrN4O4/c1-19-9-5-10(15-11(13)14-9)20-8-3-6(12)2-7(4-8)16(17)18/h2-5H,1H3,(H2,13,14,15). The van der Waals surface area contributed by atoms with Crippen molar-refractivity contribution < 1.29 is 14.4 Å². The fraction of sp³-hybridized carbons (Fsp3) is 0.0909. The third-order valence-electron chi connectivity index (χ3n) is 2.19. The van der Waals surface area contributed by atoms with Crippen molar-refractivity contribution in [3.05, 3.63) is 38.9 Å². The minimum absolute atomic E-state index is 0.0242. The SMILES string of the molecule is COc1cc(Oc2cc(Br)cc([N+](=O)[O-])c2)nc(N)n1. The van der Waals surface area contributed by atoms with E-state index in [0.717, 1.165) is 0 Å². The average molecular weight is 341 g/mol. The predicted molar refractivity (Wildman–Crippen MR) is 73.9 cm³/mol. The number of nitrogens with zero attached hydrogens (tertiary/aromatic N) is 3. The van der Waals surface area contributed by atoms with Gasteiger partial charge in [-0.3, -0.25) is 10.1 Å². The minimum Gasteiger partial charge on any atom is -0.481 e. The number of nitro benzene ring substituents is 1. The van der Waals surface area contributed by atoms with Crippen LogP contribution < -0.4 is 15.2 Å². The quantitative estimate of drug-likeness (QED) is 0.671. The Balaban J connectivity index is 2.34. The maximum absolute atomic E-state index is 10.8. The third-order valence-corrected chi connectivity index (χ3v) is 2.65. The molecule has 0 fully saturated rings. The van der Waals surface area contributed by atoms with Crippen molar-refractivity contribution in [2.24, 2.45) is 0 Å². The summed E-state index contributed by atoms with van der Waals surface area (Å²) in [6.45, 7) is 0. The van der Waals surface area contributed by atoms with E-state index in [2.05, 4.69) is 25.9 Å². The monoisotopic (exact) mass is 340 g/mol. The van der Waals surface area contributed by atoms with Gasteiger partial charge in [-0.05, 0) is 6.07 Å². The van der Waals surface area contributed by atoms with Crippen molar-refractivity contribution in [2.75, 3.05) is 12.8 Å². The Bertz CT molecular complexity index is 665. The number of halogens is 1. The Hall–Kier alpha value is -2.42. The van der Waals surface area contributed by atoms with E-state index in [-0.39, 0.29) is 29.1 Å². The van der Waals surface area contributed by atoms with Gasteiger partial charge in [-0.15, -0.1) is 0 Å². The van der Waals surface area contributed by atoms with E-state index in [1.165, 1.54) is 25.3 Å². The van der Waals surface area contributed by atoms with Gasteiger partial charge in [0.1, 0.15) is 5.75 Å². The lowest BCUT2D eigenvalue weighted by atomic mass is 10.3. The smallest absolute Gasteiger partial charge is 0.274 e. The van der Waals surface area contributed by atoms with E-state index in [1.54, 1.807) is 6.07 Å². The van der Waals surface area contributed by atoms with Crippen LogP contribution in [0.5, 0.6) is 17.5 Å². The summed E-state index contributed by atoms with van der Waals surface area (Å²) in [6.07, 6.45) is 0. The van der Waals surface area contributed by atoms with Crippen LogP contribution in [0.2, 0.25) is 0 Å². The highest BCUT2D eigenvalue weighted by molar-refractivity contribution is 9.10. The number of benzene rings is 1. The zero-order valence-electron chi connectivity index (χ0n) is 10.2. The first-order chi connectivity index (χ1) is 9.47. The molecular weight excluding hydrogens is 332 g/mol. The Morgan fingerprint density at radius 2 is 1.95 bits per heavy atom. The van der Waals surface area contributed by atoms with Crippen molar-refractivity contribution >= 4 is 27.6 Å². The summed E-state index contributed by atoms with van der Waals surface area (Å²) < 4.78 is 10.9. The first-order valence-corrected chi connectivity index (χ1v) is 6.08. The number of nitrogen functional groups attached to an aromatic ring is 1. The number of non-ortho nitro benzene ring substituents is 1. The molecule has 9 heteroatoms. The number of methoxy groups -OCH3 is 1. The van der Waals surface area contributed by atoms with Gasteiger partial charge in [0.15, 0.2) is 0 Å². The number of anilines is 1. The molecule has 2 rings (SSSR count). The molecule has 0 bridgehead atoms. The summed E-state index contributed by atoms with van der Waals surface area (Å²) >= 11 is 3.17. The maximum Gasteiger partial charge on any atom is 0.274 e. The molecule has 0 spiro atoms. The van der Waals surface area contributed by atoms with Gasteiger partial charge >= 0.3 is 0 Å². The second-order valence-electron chi connectivity index (χ2n) is 3.61. The molecule has 1 aromatic heterocycles. The van der Waals surface area contributed by atoms with Crippen molar-refractivity contribution in [1.29, 1.82) is 0 Å².